The standard InChI is InChI=1S/C25H23BrN4O.C13H9BrN4.C12H16O2/c1-29-21-13-22-20(11-18(21)14-28-29)24-23(12-19(26)15-27-24)30(22)25(16-5-3-2-4-6-16)17-7-9-31-10-8-17;1-18-12-4-10-9(2-7(12)5-16-18)13-11(17-10)3-8(14)6-15-13;13-12(10-4-2-1-3-5-10)11-6-8-14-9-7-11/h2-6,11-15,17,25H,7-10H2,1H3;2-6,16H,1H3;1-5,11-13H,6-9H2/t25-;;12-/m1.0/s1. The number of aliphatic hydroxyl groups is 1. The first-order valence-electron chi connectivity index (χ1n) is 21.5. The van der Waals surface area contributed by atoms with Gasteiger partial charge in [0.05, 0.1) is 62.5 Å². The quantitative estimate of drug-likeness (QED) is 0.176. The predicted octanol–water partition coefficient (Wildman–Crippen LogP) is 11.4. The molecule has 0 saturated carbocycles. The third-order valence-corrected chi connectivity index (χ3v) is 13.6. The van der Waals surface area contributed by atoms with Crippen molar-refractivity contribution in [3.8, 4) is 0 Å². The van der Waals surface area contributed by atoms with Gasteiger partial charge in [-0.1, -0.05) is 60.7 Å². The lowest BCUT2D eigenvalue weighted by Crippen LogP contribution is -2.26. The topological polar surface area (TPSA) is 121 Å². The summed E-state index contributed by atoms with van der Waals surface area (Å²) >= 11 is 7.09. The van der Waals surface area contributed by atoms with E-state index >= 15 is 0 Å². The van der Waals surface area contributed by atoms with E-state index in [0.717, 1.165) is 116 Å². The Kier molecular flexibility index (Phi) is 11.9. The number of fused-ring (bicyclic) bond motifs is 8. The van der Waals surface area contributed by atoms with Crippen LogP contribution in [0.5, 0.6) is 0 Å². The number of hydrogen-bond acceptors (Lipinski definition) is 7. The van der Waals surface area contributed by atoms with Crippen LogP contribution in [0.15, 0.2) is 131 Å². The molecule has 63 heavy (non-hydrogen) atoms. The van der Waals surface area contributed by atoms with E-state index in [1.807, 2.05) is 84.6 Å². The van der Waals surface area contributed by atoms with Gasteiger partial charge in [-0.3, -0.25) is 19.3 Å². The van der Waals surface area contributed by atoms with Gasteiger partial charge in [-0.05, 0) is 117 Å². The van der Waals surface area contributed by atoms with Crippen molar-refractivity contribution >= 4 is 97.5 Å². The van der Waals surface area contributed by atoms with Crippen molar-refractivity contribution in [3.05, 3.63) is 142 Å². The first-order valence-corrected chi connectivity index (χ1v) is 23.1. The Morgan fingerprint density at radius 1 is 0.635 bits per heavy atom. The molecule has 2 atom stereocenters. The molecule has 0 aliphatic carbocycles. The first kappa shape index (κ1) is 41.6. The number of hydrogen-bond donors (Lipinski definition) is 2. The van der Waals surface area contributed by atoms with Crippen LogP contribution in [0.25, 0.3) is 65.7 Å². The van der Waals surface area contributed by atoms with Gasteiger partial charge in [-0.15, -0.1) is 0 Å². The molecule has 0 radical (unpaired) electrons. The van der Waals surface area contributed by atoms with Crippen LogP contribution in [-0.2, 0) is 23.6 Å². The molecule has 2 fully saturated rings. The summed E-state index contributed by atoms with van der Waals surface area (Å²) in [4.78, 5) is 13.9. The van der Waals surface area contributed by atoms with E-state index in [1.54, 1.807) is 0 Å². The second kappa shape index (κ2) is 18.0. The summed E-state index contributed by atoms with van der Waals surface area (Å²) in [5.74, 6) is 0.863. The Morgan fingerprint density at radius 3 is 1.98 bits per heavy atom. The van der Waals surface area contributed by atoms with E-state index in [1.165, 1.54) is 21.9 Å². The number of aromatic amines is 1. The maximum atomic E-state index is 10.1. The Bertz CT molecular complexity index is 3190. The van der Waals surface area contributed by atoms with Crippen molar-refractivity contribution in [2.75, 3.05) is 26.4 Å². The molecule has 0 amide bonds. The van der Waals surface area contributed by atoms with Crippen LogP contribution < -0.4 is 0 Å². The smallest absolute Gasteiger partial charge is 0.0981 e. The van der Waals surface area contributed by atoms with Crippen molar-refractivity contribution in [1.82, 2.24) is 39.1 Å². The second-order valence-electron chi connectivity index (χ2n) is 16.6. The molecule has 2 saturated heterocycles. The van der Waals surface area contributed by atoms with Crippen LogP contribution in [0.4, 0.5) is 0 Å². The zero-order chi connectivity index (χ0) is 43.0. The van der Waals surface area contributed by atoms with Crippen molar-refractivity contribution in [1.29, 1.82) is 0 Å². The molecule has 11 nitrogen and oxygen atoms in total. The summed E-state index contributed by atoms with van der Waals surface area (Å²) < 4.78 is 19.4. The molecule has 0 spiro atoms. The zero-order valence-electron chi connectivity index (χ0n) is 35.2. The minimum atomic E-state index is -0.319. The molecule has 2 aliphatic heterocycles. The third kappa shape index (κ3) is 8.28. The lowest BCUT2D eigenvalue weighted by atomic mass is 9.86. The minimum Gasteiger partial charge on any atom is -0.388 e. The molecular weight excluding hydrogens is 920 g/mol. The van der Waals surface area contributed by atoms with Gasteiger partial charge in [0, 0.05) is 89.6 Å². The number of pyridine rings is 2. The lowest BCUT2D eigenvalue weighted by Gasteiger charge is -2.33. The molecule has 12 rings (SSSR count). The van der Waals surface area contributed by atoms with Gasteiger partial charge in [-0.25, -0.2) is 4.98 Å². The highest BCUT2D eigenvalue weighted by molar-refractivity contribution is 9.10. The Hall–Kier alpha value is -5.44. The van der Waals surface area contributed by atoms with Gasteiger partial charge in [0.15, 0.2) is 0 Å². The van der Waals surface area contributed by atoms with Gasteiger partial charge >= 0.3 is 0 Å². The molecular formula is C50H48Br2N8O3. The highest BCUT2D eigenvalue weighted by Gasteiger charge is 2.30. The molecule has 0 bridgehead atoms. The second-order valence-corrected chi connectivity index (χ2v) is 18.4. The van der Waals surface area contributed by atoms with Crippen LogP contribution in [0, 0.1) is 11.8 Å². The third-order valence-electron chi connectivity index (χ3n) is 12.7. The maximum Gasteiger partial charge on any atom is 0.0981 e. The van der Waals surface area contributed by atoms with E-state index in [2.05, 4.69) is 117 Å². The summed E-state index contributed by atoms with van der Waals surface area (Å²) in [5.41, 5.74) is 10.9. The van der Waals surface area contributed by atoms with Gasteiger partial charge < -0.3 is 24.2 Å². The normalized spacial score (nSPS) is 16.1. The van der Waals surface area contributed by atoms with Gasteiger partial charge in [0.1, 0.15) is 0 Å². The highest BCUT2D eigenvalue weighted by atomic mass is 79.9. The number of benzene rings is 4. The van der Waals surface area contributed by atoms with Crippen LogP contribution in [0.2, 0.25) is 0 Å². The molecule has 320 valence electrons. The number of aryl methyl sites for hydroxylation is 2. The number of aliphatic hydroxyl groups excluding tert-OH is 1. The van der Waals surface area contributed by atoms with Gasteiger partial charge in [-0.2, -0.15) is 5.10 Å². The average molecular weight is 969 g/mol. The SMILES string of the molecule is Cn1[nH]cc2cc3c(cc21)nc1cc(Br)cnc13.Cn1ncc2cc3c4ncc(Br)cc4n([C@H](c4ccccc4)C4CCOCC4)c3cc21.O[C@@H](c1ccccc1)C1CCOCC1. The number of H-pyrrole nitrogens is 1. The van der Waals surface area contributed by atoms with E-state index < -0.39 is 0 Å². The molecule has 10 aromatic rings. The fraction of sp³-hybridized carbons (Fsp3) is 0.280. The average Bonchev–Trinajstić information content (AvgIpc) is 4.07. The number of rotatable bonds is 5. The minimum absolute atomic E-state index is 0.215. The zero-order valence-corrected chi connectivity index (χ0v) is 38.3. The summed E-state index contributed by atoms with van der Waals surface area (Å²) in [7, 11) is 3.99. The van der Waals surface area contributed by atoms with E-state index in [4.69, 9.17) is 14.5 Å². The monoisotopic (exact) mass is 966 g/mol. The van der Waals surface area contributed by atoms with E-state index in [9.17, 15) is 5.11 Å². The van der Waals surface area contributed by atoms with Crippen molar-refractivity contribution < 1.29 is 14.6 Å². The molecule has 6 aromatic heterocycles. The number of aromatic nitrogens is 8. The number of ether oxygens (including phenoxy) is 2. The summed E-state index contributed by atoms with van der Waals surface area (Å²) in [6, 6.07) is 33.9. The number of nitrogens with one attached hydrogen (secondary N) is 1. The van der Waals surface area contributed by atoms with Crippen molar-refractivity contribution in [2.45, 2.75) is 37.8 Å². The van der Waals surface area contributed by atoms with Crippen LogP contribution >= 0.6 is 31.9 Å². The van der Waals surface area contributed by atoms with Crippen LogP contribution in [-0.4, -0.2) is 70.6 Å². The van der Waals surface area contributed by atoms with E-state index in [-0.39, 0.29) is 12.1 Å². The molecule has 13 heteroatoms. The molecule has 2 aliphatic rings. The number of halogens is 2. The van der Waals surface area contributed by atoms with Crippen LogP contribution in [0.1, 0.15) is 49.0 Å². The predicted molar refractivity (Wildman–Crippen MR) is 258 cm³/mol. The van der Waals surface area contributed by atoms with Gasteiger partial charge in [0.25, 0.3) is 0 Å². The highest BCUT2D eigenvalue weighted by Crippen LogP contribution is 2.42. The lowest BCUT2D eigenvalue weighted by molar-refractivity contribution is 0.00719. The Balaban J connectivity index is 0.000000124. The van der Waals surface area contributed by atoms with Crippen molar-refractivity contribution in [2.24, 2.45) is 25.9 Å². The van der Waals surface area contributed by atoms with Gasteiger partial charge in [0.2, 0.25) is 0 Å². The van der Waals surface area contributed by atoms with Crippen molar-refractivity contribution in [3.63, 3.8) is 0 Å². The first-order chi connectivity index (χ1) is 30.8. The molecule has 2 N–H and O–H groups in total. The Labute approximate surface area is 381 Å². The largest absolute Gasteiger partial charge is 0.388 e. The van der Waals surface area contributed by atoms with E-state index in [0.29, 0.717) is 11.8 Å². The molecule has 0 unspecified atom stereocenters. The fourth-order valence-electron chi connectivity index (χ4n) is 9.46. The summed E-state index contributed by atoms with van der Waals surface area (Å²) in [6.45, 7) is 3.21. The molecule has 4 aromatic carbocycles. The Morgan fingerprint density at radius 2 is 1.27 bits per heavy atom. The maximum absolute atomic E-state index is 10.1. The molecule has 8 heterocycles. The number of nitrogens with zero attached hydrogens (tertiary/aromatic N) is 7. The fourth-order valence-corrected chi connectivity index (χ4v) is 10.1. The summed E-state index contributed by atoms with van der Waals surface area (Å²) in [6.07, 6.45) is 11.4. The summed E-state index contributed by atoms with van der Waals surface area (Å²) in [5, 5.41) is 22.3. The van der Waals surface area contributed by atoms with Crippen LogP contribution in [0.3, 0.4) is 0 Å².